The Kier molecular flexibility index (Phi) is 5.92. The van der Waals surface area contributed by atoms with Crippen LogP contribution in [0.5, 0.6) is 0 Å². The Balaban J connectivity index is 1.65. The third-order valence-corrected chi connectivity index (χ3v) is 6.54. The molecule has 0 bridgehead atoms. The third kappa shape index (κ3) is 4.53. The van der Waals surface area contributed by atoms with Gasteiger partial charge in [-0.2, -0.15) is 0 Å². The van der Waals surface area contributed by atoms with Gasteiger partial charge in [-0.05, 0) is 74.5 Å². The Hall–Kier alpha value is -1.84. The molecule has 4 heteroatoms. The van der Waals surface area contributed by atoms with Crippen molar-refractivity contribution in [3.63, 3.8) is 0 Å². The van der Waals surface area contributed by atoms with Crippen molar-refractivity contribution in [2.75, 3.05) is 18.4 Å². The first kappa shape index (κ1) is 19.9. The van der Waals surface area contributed by atoms with E-state index in [9.17, 15) is 9.59 Å². The van der Waals surface area contributed by atoms with Crippen LogP contribution < -0.4 is 5.32 Å². The lowest BCUT2D eigenvalue weighted by atomic mass is 9.69. The van der Waals surface area contributed by atoms with Crippen LogP contribution in [-0.2, 0) is 4.79 Å². The van der Waals surface area contributed by atoms with Crippen molar-refractivity contribution in [2.45, 2.75) is 66.2 Å². The number of anilines is 1. The maximum absolute atomic E-state index is 12.8. The molecule has 2 amide bonds. The molecule has 3 rings (SSSR count). The zero-order valence-electron chi connectivity index (χ0n) is 17.3. The van der Waals surface area contributed by atoms with Crippen LogP contribution in [0.25, 0.3) is 0 Å². The average molecular weight is 371 g/mol. The minimum Gasteiger partial charge on any atom is -0.339 e. The number of rotatable bonds is 3. The molecule has 0 atom stereocenters. The Morgan fingerprint density at radius 1 is 1.04 bits per heavy atom. The maximum Gasteiger partial charge on any atom is 0.254 e. The van der Waals surface area contributed by atoms with E-state index in [-0.39, 0.29) is 17.7 Å². The van der Waals surface area contributed by atoms with Crippen molar-refractivity contribution in [3.8, 4) is 0 Å². The van der Waals surface area contributed by atoms with Crippen LogP contribution in [0.3, 0.4) is 0 Å². The van der Waals surface area contributed by atoms with Gasteiger partial charge < -0.3 is 10.2 Å². The van der Waals surface area contributed by atoms with E-state index in [1.54, 1.807) is 0 Å². The molecule has 148 valence electrons. The van der Waals surface area contributed by atoms with Gasteiger partial charge in [0.1, 0.15) is 0 Å². The van der Waals surface area contributed by atoms with Crippen LogP contribution in [0, 0.1) is 24.2 Å². The molecule has 2 fully saturated rings. The van der Waals surface area contributed by atoms with Gasteiger partial charge in [0.05, 0.1) is 0 Å². The second-order valence-corrected chi connectivity index (χ2v) is 9.38. The molecule has 4 nitrogen and oxygen atoms in total. The highest BCUT2D eigenvalue weighted by atomic mass is 16.2. The normalized spacial score (nSPS) is 23.3. The van der Waals surface area contributed by atoms with Crippen LogP contribution in [0.4, 0.5) is 5.69 Å². The van der Waals surface area contributed by atoms with Gasteiger partial charge in [0.15, 0.2) is 0 Å². The average Bonchev–Trinajstić information content (AvgIpc) is 3.17. The Morgan fingerprint density at radius 2 is 1.67 bits per heavy atom. The molecule has 1 saturated carbocycles. The number of hydrogen-bond acceptors (Lipinski definition) is 2. The van der Waals surface area contributed by atoms with Gasteiger partial charge in [0, 0.05) is 30.3 Å². The lowest BCUT2D eigenvalue weighted by Crippen LogP contribution is -2.32. The first-order chi connectivity index (χ1) is 12.8. The lowest BCUT2D eigenvalue weighted by Gasteiger charge is -2.36. The Bertz CT molecular complexity index is 691. The first-order valence-corrected chi connectivity index (χ1v) is 10.5. The molecule has 1 aromatic carbocycles. The fourth-order valence-electron chi connectivity index (χ4n) is 4.55. The van der Waals surface area contributed by atoms with E-state index >= 15 is 0 Å². The number of carbonyl (C=O) groups excluding carboxylic acids is 2. The smallest absolute Gasteiger partial charge is 0.254 e. The number of benzene rings is 1. The highest BCUT2D eigenvalue weighted by Crippen LogP contribution is 2.40. The zero-order valence-corrected chi connectivity index (χ0v) is 17.3. The quantitative estimate of drug-likeness (QED) is 0.812. The second kappa shape index (κ2) is 8.04. The fraction of sp³-hybridized carbons (Fsp3) is 0.652. The number of likely N-dealkylation sites (tertiary alicyclic amines) is 1. The summed E-state index contributed by atoms with van der Waals surface area (Å²) < 4.78 is 0. The van der Waals surface area contributed by atoms with E-state index in [4.69, 9.17) is 0 Å². The summed E-state index contributed by atoms with van der Waals surface area (Å²) in [6, 6.07) is 5.66. The molecule has 0 aromatic heterocycles. The topological polar surface area (TPSA) is 49.4 Å². The molecule has 1 aliphatic carbocycles. The van der Waals surface area contributed by atoms with Crippen LogP contribution in [0.15, 0.2) is 18.2 Å². The van der Waals surface area contributed by atoms with Gasteiger partial charge in [-0.15, -0.1) is 0 Å². The van der Waals surface area contributed by atoms with Gasteiger partial charge >= 0.3 is 0 Å². The first-order valence-electron chi connectivity index (χ1n) is 10.5. The molecule has 1 aliphatic heterocycles. The summed E-state index contributed by atoms with van der Waals surface area (Å²) in [5.41, 5.74) is 2.70. The summed E-state index contributed by atoms with van der Waals surface area (Å²) in [4.78, 5) is 27.5. The standard InChI is InChI=1S/C23H34N2O2/c1-16-19(22(27)25-14-5-6-15-25)8-7-9-20(16)24-21(26)17-10-12-18(13-11-17)23(2,3)4/h7-9,17-18H,5-6,10-15H2,1-4H3,(H,24,26). The molecule has 0 spiro atoms. The van der Waals surface area contributed by atoms with Crippen LogP contribution >= 0.6 is 0 Å². The van der Waals surface area contributed by atoms with Gasteiger partial charge in [-0.3, -0.25) is 9.59 Å². The summed E-state index contributed by atoms with van der Waals surface area (Å²) in [7, 11) is 0. The van der Waals surface area contributed by atoms with Gasteiger partial charge in [0.2, 0.25) is 5.91 Å². The number of nitrogens with one attached hydrogen (secondary N) is 1. The van der Waals surface area contributed by atoms with Crippen molar-refractivity contribution >= 4 is 17.5 Å². The van der Waals surface area contributed by atoms with E-state index in [1.165, 1.54) is 0 Å². The number of carbonyl (C=O) groups is 2. The van der Waals surface area contributed by atoms with Crippen LogP contribution in [0.1, 0.15) is 75.2 Å². The number of amides is 2. The molecule has 1 heterocycles. The molecule has 2 aliphatic rings. The highest BCUT2D eigenvalue weighted by Gasteiger charge is 2.32. The van der Waals surface area contributed by atoms with Crippen molar-refractivity contribution in [1.82, 2.24) is 4.90 Å². The van der Waals surface area contributed by atoms with Crippen molar-refractivity contribution in [1.29, 1.82) is 0 Å². The Morgan fingerprint density at radius 3 is 2.26 bits per heavy atom. The minimum atomic E-state index is 0.0842. The van der Waals surface area contributed by atoms with E-state index in [1.807, 2.05) is 30.0 Å². The van der Waals surface area contributed by atoms with Crippen LogP contribution in [0.2, 0.25) is 0 Å². The number of nitrogens with zero attached hydrogens (tertiary/aromatic N) is 1. The Labute approximate surface area is 163 Å². The van der Waals surface area contributed by atoms with Crippen molar-refractivity contribution in [3.05, 3.63) is 29.3 Å². The summed E-state index contributed by atoms with van der Waals surface area (Å²) in [6.45, 7) is 10.5. The predicted octanol–water partition coefficient (Wildman–Crippen LogP) is 5.02. The highest BCUT2D eigenvalue weighted by molar-refractivity contribution is 5.99. The van der Waals surface area contributed by atoms with E-state index in [0.717, 1.165) is 62.9 Å². The molecule has 27 heavy (non-hydrogen) atoms. The van der Waals surface area contributed by atoms with Gasteiger partial charge in [-0.25, -0.2) is 0 Å². The fourth-order valence-corrected chi connectivity index (χ4v) is 4.55. The summed E-state index contributed by atoms with van der Waals surface area (Å²) >= 11 is 0. The van der Waals surface area contributed by atoms with Crippen molar-refractivity contribution in [2.24, 2.45) is 17.3 Å². The monoisotopic (exact) mass is 370 g/mol. The van der Waals surface area contributed by atoms with Crippen molar-refractivity contribution < 1.29 is 9.59 Å². The van der Waals surface area contributed by atoms with E-state index < -0.39 is 0 Å². The largest absolute Gasteiger partial charge is 0.339 e. The van der Waals surface area contributed by atoms with Gasteiger partial charge in [-0.1, -0.05) is 26.8 Å². The van der Waals surface area contributed by atoms with Gasteiger partial charge in [0.25, 0.3) is 5.91 Å². The zero-order chi connectivity index (χ0) is 19.6. The van der Waals surface area contributed by atoms with Crippen LogP contribution in [-0.4, -0.2) is 29.8 Å². The summed E-state index contributed by atoms with van der Waals surface area (Å²) in [5, 5.41) is 3.11. The number of hydrogen-bond donors (Lipinski definition) is 1. The van der Waals surface area contributed by atoms with E-state index in [0.29, 0.717) is 16.9 Å². The molecule has 1 N–H and O–H groups in total. The minimum absolute atomic E-state index is 0.0842. The molecular formula is C23H34N2O2. The molecule has 0 unspecified atom stereocenters. The lowest BCUT2D eigenvalue weighted by molar-refractivity contribution is -0.121. The third-order valence-electron chi connectivity index (χ3n) is 6.54. The molecule has 0 radical (unpaired) electrons. The molecular weight excluding hydrogens is 336 g/mol. The second-order valence-electron chi connectivity index (χ2n) is 9.38. The maximum atomic E-state index is 12.8. The van der Waals surface area contributed by atoms with E-state index in [2.05, 4.69) is 26.1 Å². The summed E-state index contributed by atoms with van der Waals surface area (Å²) in [6.07, 6.45) is 6.32. The molecule has 1 aromatic rings. The predicted molar refractivity (Wildman–Crippen MR) is 110 cm³/mol. The molecule has 1 saturated heterocycles. The SMILES string of the molecule is Cc1c(NC(=O)C2CCC(C(C)(C)C)CC2)cccc1C(=O)N1CCCC1. The summed E-state index contributed by atoms with van der Waals surface area (Å²) in [5.74, 6) is 0.980.